The van der Waals surface area contributed by atoms with Crippen molar-refractivity contribution in [2.75, 3.05) is 13.1 Å². The predicted molar refractivity (Wildman–Crippen MR) is 79.8 cm³/mol. The molecule has 1 aromatic rings. The van der Waals surface area contributed by atoms with E-state index in [1.54, 1.807) is 0 Å². The Kier molecular flexibility index (Phi) is 8.53. The van der Waals surface area contributed by atoms with Crippen molar-refractivity contribution in [2.45, 2.75) is 51.5 Å². The first-order valence-electron chi connectivity index (χ1n) is 7.33. The van der Waals surface area contributed by atoms with Gasteiger partial charge in [0.1, 0.15) is 0 Å². The fraction of sp³-hybridized carbons (Fsp3) is 0.625. The number of hydrogen-bond acceptors (Lipinski definition) is 2. The van der Waals surface area contributed by atoms with Crippen LogP contribution in [0.15, 0.2) is 30.3 Å². The van der Waals surface area contributed by atoms with Crippen molar-refractivity contribution in [3.8, 4) is 0 Å². The van der Waals surface area contributed by atoms with E-state index in [0.717, 1.165) is 25.9 Å². The van der Waals surface area contributed by atoms with Gasteiger partial charge in [0, 0.05) is 6.04 Å². The SMILES string of the molecule is CCCCCC(N)CCNCCc1ccccc1. The van der Waals surface area contributed by atoms with Crippen LogP contribution in [0.5, 0.6) is 0 Å². The summed E-state index contributed by atoms with van der Waals surface area (Å²) in [5, 5.41) is 3.48. The molecule has 0 fully saturated rings. The average molecular weight is 248 g/mol. The van der Waals surface area contributed by atoms with E-state index in [4.69, 9.17) is 5.73 Å². The Morgan fingerprint density at radius 3 is 2.56 bits per heavy atom. The Balaban J connectivity index is 1.95. The highest BCUT2D eigenvalue weighted by molar-refractivity contribution is 5.14. The molecule has 1 rings (SSSR count). The van der Waals surface area contributed by atoms with Gasteiger partial charge in [0.25, 0.3) is 0 Å². The van der Waals surface area contributed by atoms with Gasteiger partial charge in [-0.15, -0.1) is 0 Å². The summed E-state index contributed by atoms with van der Waals surface area (Å²) >= 11 is 0. The van der Waals surface area contributed by atoms with Gasteiger partial charge < -0.3 is 11.1 Å². The van der Waals surface area contributed by atoms with Crippen LogP contribution >= 0.6 is 0 Å². The van der Waals surface area contributed by atoms with Crippen LogP contribution in [-0.2, 0) is 6.42 Å². The summed E-state index contributed by atoms with van der Waals surface area (Å²) in [6, 6.07) is 11.0. The van der Waals surface area contributed by atoms with E-state index in [-0.39, 0.29) is 0 Å². The van der Waals surface area contributed by atoms with Crippen LogP contribution in [0.2, 0.25) is 0 Å². The highest BCUT2D eigenvalue weighted by atomic mass is 14.9. The molecular weight excluding hydrogens is 220 g/mol. The largest absolute Gasteiger partial charge is 0.328 e. The van der Waals surface area contributed by atoms with Crippen molar-refractivity contribution in [3.63, 3.8) is 0 Å². The smallest absolute Gasteiger partial charge is 0.00509 e. The number of nitrogens with one attached hydrogen (secondary N) is 1. The van der Waals surface area contributed by atoms with Crippen molar-refractivity contribution < 1.29 is 0 Å². The minimum atomic E-state index is 0.376. The van der Waals surface area contributed by atoms with Crippen molar-refractivity contribution in [3.05, 3.63) is 35.9 Å². The summed E-state index contributed by atoms with van der Waals surface area (Å²) in [4.78, 5) is 0. The van der Waals surface area contributed by atoms with E-state index in [0.29, 0.717) is 6.04 Å². The van der Waals surface area contributed by atoms with Gasteiger partial charge >= 0.3 is 0 Å². The molecule has 0 saturated heterocycles. The molecule has 0 amide bonds. The second-order valence-electron chi connectivity index (χ2n) is 5.03. The molecule has 102 valence electrons. The number of nitrogens with two attached hydrogens (primary N) is 1. The Labute approximate surface area is 112 Å². The molecule has 1 aromatic carbocycles. The molecule has 0 aromatic heterocycles. The van der Waals surface area contributed by atoms with Crippen molar-refractivity contribution in [1.82, 2.24) is 5.32 Å². The summed E-state index contributed by atoms with van der Waals surface area (Å²) in [5.41, 5.74) is 7.47. The third kappa shape index (κ3) is 7.46. The fourth-order valence-electron chi connectivity index (χ4n) is 2.09. The Hall–Kier alpha value is -0.860. The Morgan fingerprint density at radius 2 is 1.83 bits per heavy atom. The first kappa shape index (κ1) is 15.2. The highest BCUT2D eigenvalue weighted by Gasteiger charge is 2.01. The monoisotopic (exact) mass is 248 g/mol. The number of rotatable bonds is 10. The molecule has 0 spiro atoms. The van der Waals surface area contributed by atoms with Crippen LogP contribution in [0.25, 0.3) is 0 Å². The summed E-state index contributed by atoms with van der Waals surface area (Å²) < 4.78 is 0. The zero-order valence-corrected chi connectivity index (χ0v) is 11.7. The van der Waals surface area contributed by atoms with Gasteiger partial charge in [-0.05, 0) is 37.9 Å². The molecular formula is C16H28N2. The third-order valence-corrected chi connectivity index (χ3v) is 3.30. The lowest BCUT2D eigenvalue weighted by atomic mass is 10.1. The third-order valence-electron chi connectivity index (χ3n) is 3.30. The maximum Gasteiger partial charge on any atom is 0.00509 e. The molecule has 1 atom stereocenters. The Morgan fingerprint density at radius 1 is 1.06 bits per heavy atom. The minimum absolute atomic E-state index is 0.376. The predicted octanol–water partition coefficient (Wildman–Crippen LogP) is 3.12. The lowest BCUT2D eigenvalue weighted by molar-refractivity contribution is 0.507. The lowest BCUT2D eigenvalue weighted by Gasteiger charge is -2.11. The van der Waals surface area contributed by atoms with Crippen molar-refractivity contribution in [1.29, 1.82) is 0 Å². The van der Waals surface area contributed by atoms with Crippen LogP contribution in [0.4, 0.5) is 0 Å². The number of benzene rings is 1. The topological polar surface area (TPSA) is 38.0 Å². The van der Waals surface area contributed by atoms with Gasteiger partial charge in [-0.3, -0.25) is 0 Å². The highest BCUT2D eigenvalue weighted by Crippen LogP contribution is 2.04. The molecule has 1 unspecified atom stereocenters. The average Bonchev–Trinajstić information content (AvgIpc) is 2.40. The van der Waals surface area contributed by atoms with E-state index in [1.165, 1.54) is 31.2 Å². The molecule has 2 nitrogen and oxygen atoms in total. The van der Waals surface area contributed by atoms with Crippen LogP contribution in [0.1, 0.15) is 44.6 Å². The molecule has 0 heterocycles. The maximum absolute atomic E-state index is 6.07. The second kappa shape index (κ2) is 10.1. The molecule has 3 N–H and O–H groups in total. The van der Waals surface area contributed by atoms with Gasteiger partial charge in [0.2, 0.25) is 0 Å². The minimum Gasteiger partial charge on any atom is -0.328 e. The van der Waals surface area contributed by atoms with Crippen molar-refractivity contribution in [2.24, 2.45) is 5.73 Å². The Bertz CT molecular complexity index is 284. The quantitative estimate of drug-likeness (QED) is 0.624. The van der Waals surface area contributed by atoms with Gasteiger partial charge in [0.05, 0.1) is 0 Å². The summed E-state index contributed by atoms with van der Waals surface area (Å²) in [6.07, 6.45) is 7.25. The van der Waals surface area contributed by atoms with Gasteiger partial charge in [0.15, 0.2) is 0 Å². The van der Waals surface area contributed by atoms with Crippen LogP contribution in [-0.4, -0.2) is 19.1 Å². The van der Waals surface area contributed by atoms with E-state index in [2.05, 4.69) is 42.6 Å². The van der Waals surface area contributed by atoms with Crippen LogP contribution in [0, 0.1) is 0 Å². The standard InChI is InChI=1S/C16H28N2/c1-2-3-5-10-16(17)12-14-18-13-11-15-8-6-4-7-9-15/h4,6-9,16,18H,2-3,5,10-14,17H2,1H3. The van der Waals surface area contributed by atoms with E-state index in [1.807, 2.05) is 0 Å². The molecule has 0 radical (unpaired) electrons. The van der Waals surface area contributed by atoms with Crippen molar-refractivity contribution >= 4 is 0 Å². The first-order valence-corrected chi connectivity index (χ1v) is 7.33. The fourth-order valence-corrected chi connectivity index (χ4v) is 2.09. The van der Waals surface area contributed by atoms with E-state index in [9.17, 15) is 0 Å². The normalized spacial score (nSPS) is 12.6. The maximum atomic E-state index is 6.07. The first-order chi connectivity index (χ1) is 8.83. The molecule has 0 aliphatic carbocycles. The zero-order chi connectivity index (χ0) is 13.1. The number of unbranched alkanes of at least 4 members (excludes halogenated alkanes) is 2. The molecule has 0 aliphatic heterocycles. The molecule has 18 heavy (non-hydrogen) atoms. The number of hydrogen-bond donors (Lipinski definition) is 2. The lowest BCUT2D eigenvalue weighted by Crippen LogP contribution is -2.27. The molecule has 0 aliphatic rings. The summed E-state index contributed by atoms with van der Waals surface area (Å²) in [5.74, 6) is 0. The van der Waals surface area contributed by atoms with Gasteiger partial charge in [-0.1, -0.05) is 56.5 Å². The summed E-state index contributed by atoms with van der Waals surface area (Å²) in [6.45, 7) is 4.32. The van der Waals surface area contributed by atoms with Gasteiger partial charge in [-0.25, -0.2) is 0 Å². The molecule has 0 bridgehead atoms. The molecule has 2 heteroatoms. The van der Waals surface area contributed by atoms with Gasteiger partial charge in [-0.2, -0.15) is 0 Å². The van der Waals surface area contributed by atoms with Crippen LogP contribution < -0.4 is 11.1 Å². The molecule has 0 saturated carbocycles. The summed E-state index contributed by atoms with van der Waals surface area (Å²) in [7, 11) is 0. The van der Waals surface area contributed by atoms with E-state index >= 15 is 0 Å². The zero-order valence-electron chi connectivity index (χ0n) is 11.7. The van der Waals surface area contributed by atoms with E-state index < -0.39 is 0 Å². The van der Waals surface area contributed by atoms with Crippen LogP contribution in [0.3, 0.4) is 0 Å². The second-order valence-corrected chi connectivity index (χ2v) is 5.03.